The third-order valence-electron chi connectivity index (χ3n) is 6.28. The molecule has 7 nitrogen and oxygen atoms in total. The van der Waals surface area contributed by atoms with E-state index in [1.807, 2.05) is 18.7 Å². The number of rotatable bonds is 4. The SMILES string of the molecule is CO[C@H]1CN(C)C(=O)c2ccc(NC(C)=O)cc2OC[C@@H](C)N(Cc2cc(F)ccc2F)C[C@H]1C. The number of anilines is 1. The second-order valence-electron chi connectivity index (χ2n) is 9.15. The Morgan fingerprint density at radius 1 is 1.17 bits per heavy atom. The van der Waals surface area contributed by atoms with Gasteiger partial charge in [0.25, 0.3) is 5.91 Å². The summed E-state index contributed by atoms with van der Waals surface area (Å²) in [6, 6.07) is 8.13. The van der Waals surface area contributed by atoms with Gasteiger partial charge in [0.15, 0.2) is 0 Å². The molecule has 0 saturated carbocycles. The van der Waals surface area contributed by atoms with Crippen molar-refractivity contribution in [2.45, 2.75) is 39.5 Å². The third kappa shape index (κ3) is 6.76. The van der Waals surface area contributed by atoms with E-state index in [4.69, 9.17) is 9.47 Å². The van der Waals surface area contributed by atoms with E-state index in [0.29, 0.717) is 30.1 Å². The summed E-state index contributed by atoms with van der Waals surface area (Å²) in [5.41, 5.74) is 1.12. The molecule has 3 rings (SSSR count). The van der Waals surface area contributed by atoms with E-state index in [0.717, 1.165) is 12.1 Å². The van der Waals surface area contributed by atoms with Gasteiger partial charge in [0.05, 0.1) is 11.7 Å². The second kappa shape index (κ2) is 11.6. The summed E-state index contributed by atoms with van der Waals surface area (Å²) >= 11 is 0. The summed E-state index contributed by atoms with van der Waals surface area (Å²) in [4.78, 5) is 28.3. The van der Waals surface area contributed by atoms with E-state index in [2.05, 4.69) is 5.32 Å². The van der Waals surface area contributed by atoms with Crippen molar-refractivity contribution in [2.75, 3.05) is 39.2 Å². The molecular formula is C26H33F2N3O4. The zero-order chi connectivity index (χ0) is 25.7. The summed E-state index contributed by atoms with van der Waals surface area (Å²) in [5, 5.41) is 2.70. The maximum Gasteiger partial charge on any atom is 0.257 e. The van der Waals surface area contributed by atoms with Crippen molar-refractivity contribution in [3.63, 3.8) is 0 Å². The minimum Gasteiger partial charge on any atom is -0.491 e. The predicted molar refractivity (Wildman–Crippen MR) is 129 cm³/mol. The average molecular weight is 490 g/mol. The number of carbonyl (C=O) groups excluding carboxylic acids is 2. The van der Waals surface area contributed by atoms with Crippen LogP contribution in [-0.2, 0) is 16.1 Å². The lowest BCUT2D eigenvalue weighted by molar-refractivity contribution is -0.114. The molecule has 0 saturated heterocycles. The number of nitrogens with zero attached hydrogens (tertiary/aromatic N) is 2. The predicted octanol–water partition coefficient (Wildman–Crippen LogP) is 3.93. The first kappa shape index (κ1) is 26.6. The van der Waals surface area contributed by atoms with Gasteiger partial charge >= 0.3 is 0 Å². The molecule has 190 valence electrons. The normalized spacial score (nSPS) is 22.0. The van der Waals surface area contributed by atoms with E-state index in [1.54, 1.807) is 37.3 Å². The number of carbonyl (C=O) groups is 2. The average Bonchev–Trinajstić information content (AvgIpc) is 2.81. The fourth-order valence-electron chi connectivity index (χ4n) is 4.23. The summed E-state index contributed by atoms with van der Waals surface area (Å²) < 4.78 is 40.1. The maximum absolute atomic E-state index is 14.4. The van der Waals surface area contributed by atoms with Gasteiger partial charge in [0, 0.05) is 64.1 Å². The molecule has 2 aromatic carbocycles. The summed E-state index contributed by atoms with van der Waals surface area (Å²) in [6.07, 6.45) is -0.279. The molecule has 9 heteroatoms. The van der Waals surface area contributed by atoms with Gasteiger partial charge in [-0.3, -0.25) is 14.5 Å². The van der Waals surface area contributed by atoms with Crippen molar-refractivity contribution < 1.29 is 27.8 Å². The molecular weight excluding hydrogens is 456 g/mol. The van der Waals surface area contributed by atoms with Crippen LogP contribution in [0.25, 0.3) is 0 Å². The minimum absolute atomic E-state index is 0.0182. The van der Waals surface area contributed by atoms with Crippen LogP contribution in [0, 0.1) is 17.6 Å². The van der Waals surface area contributed by atoms with Gasteiger partial charge in [0.1, 0.15) is 24.0 Å². The number of hydrogen-bond donors (Lipinski definition) is 1. The summed E-state index contributed by atoms with van der Waals surface area (Å²) in [6.45, 7) is 6.56. The Bertz CT molecular complexity index is 1060. The van der Waals surface area contributed by atoms with Gasteiger partial charge in [0.2, 0.25) is 5.91 Å². The van der Waals surface area contributed by atoms with E-state index in [1.165, 1.54) is 13.0 Å². The van der Waals surface area contributed by atoms with Crippen LogP contribution in [0.5, 0.6) is 5.75 Å². The van der Waals surface area contributed by atoms with Crippen LogP contribution >= 0.6 is 0 Å². The largest absolute Gasteiger partial charge is 0.491 e. The van der Waals surface area contributed by atoms with Crippen molar-refractivity contribution in [3.8, 4) is 5.75 Å². The standard InChI is InChI=1S/C26H33F2N3O4/c1-16-12-31(13-19-10-20(27)6-9-23(19)28)17(2)15-35-24-11-21(29-18(3)32)7-8-22(24)26(33)30(4)14-25(16)34-5/h6-11,16-17,25H,12-15H2,1-5H3,(H,29,32)/t16-,17-,25+/m1/s1. The number of halogens is 2. The quantitative estimate of drug-likeness (QED) is 0.705. The van der Waals surface area contributed by atoms with Gasteiger partial charge in [-0.15, -0.1) is 0 Å². The van der Waals surface area contributed by atoms with Crippen molar-refractivity contribution in [3.05, 3.63) is 59.2 Å². The van der Waals surface area contributed by atoms with Crippen molar-refractivity contribution in [1.82, 2.24) is 9.80 Å². The van der Waals surface area contributed by atoms with Crippen LogP contribution < -0.4 is 10.1 Å². The van der Waals surface area contributed by atoms with E-state index in [-0.39, 0.29) is 48.6 Å². The van der Waals surface area contributed by atoms with Crippen LogP contribution in [-0.4, -0.2) is 67.6 Å². The summed E-state index contributed by atoms with van der Waals surface area (Å²) in [7, 11) is 3.29. The topological polar surface area (TPSA) is 71.1 Å². The van der Waals surface area contributed by atoms with Crippen molar-refractivity contribution in [2.24, 2.45) is 5.92 Å². The van der Waals surface area contributed by atoms with Gasteiger partial charge in [-0.2, -0.15) is 0 Å². The number of ether oxygens (including phenoxy) is 2. The molecule has 35 heavy (non-hydrogen) atoms. The molecule has 0 aliphatic carbocycles. The first-order valence-corrected chi connectivity index (χ1v) is 11.6. The monoisotopic (exact) mass is 489 g/mol. The number of nitrogens with one attached hydrogen (secondary N) is 1. The Morgan fingerprint density at radius 3 is 2.60 bits per heavy atom. The first-order chi connectivity index (χ1) is 16.6. The lowest BCUT2D eigenvalue weighted by atomic mass is 10.0. The number of methoxy groups -OCH3 is 1. The van der Waals surface area contributed by atoms with Crippen molar-refractivity contribution in [1.29, 1.82) is 0 Å². The summed E-state index contributed by atoms with van der Waals surface area (Å²) in [5.74, 6) is -1.13. The van der Waals surface area contributed by atoms with Gasteiger partial charge in [-0.25, -0.2) is 8.78 Å². The molecule has 0 bridgehead atoms. The fourth-order valence-corrected chi connectivity index (χ4v) is 4.23. The maximum atomic E-state index is 14.4. The zero-order valence-electron chi connectivity index (χ0n) is 20.8. The molecule has 0 aromatic heterocycles. The lowest BCUT2D eigenvalue weighted by Crippen LogP contribution is -2.46. The van der Waals surface area contributed by atoms with Crippen LogP contribution in [0.1, 0.15) is 36.7 Å². The lowest BCUT2D eigenvalue weighted by Gasteiger charge is -2.36. The molecule has 1 heterocycles. The minimum atomic E-state index is -0.498. The number of likely N-dealkylation sites (N-methyl/N-ethyl adjacent to an activating group) is 1. The molecule has 0 spiro atoms. The highest BCUT2D eigenvalue weighted by molar-refractivity contribution is 5.98. The molecule has 0 radical (unpaired) electrons. The Hall–Kier alpha value is -3.04. The Balaban J connectivity index is 1.97. The van der Waals surface area contributed by atoms with E-state index >= 15 is 0 Å². The smallest absolute Gasteiger partial charge is 0.257 e. The molecule has 2 amide bonds. The Morgan fingerprint density at radius 2 is 1.91 bits per heavy atom. The zero-order valence-corrected chi connectivity index (χ0v) is 20.8. The molecule has 1 aliphatic heterocycles. The first-order valence-electron chi connectivity index (χ1n) is 11.6. The van der Waals surface area contributed by atoms with E-state index in [9.17, 15) is 18.4 Å². The molecule has 0 unspecified atom stereocenters. The van der Waals surface area contributed by atoms with Crippen LogP contribution in [0.3, 0.4) is 0 Å². The number of amides is 2. The van der Waals surface area contributed by atoms with Crippen LogP contribution in [0.2, 0.25) is 0 Å². The van der Waals surface area contributed by atoms with Crippen molar-refractivity contribution >= 4 is 17.5 Å². The molecule has 1 aliphatic rings. The van der Waals surface area contributed by atoms with Crippen LogP contribution in [0.4, 0.5) is 14.5 Å². The highest BCUT2D eigenvalue weighted by atomic mass is 19.1. The molecule has 0 fully saturated rings. The van der Waals surface area contributed by atoms with Crippen LogP contribution in [0.15, 0.2) is 36.4 Å². The Labute approximate surface area is 205 Å². The highest BCUT2D eigenvalue weighted by Crippen LogP contribution is 2.27. The van der Waals surface area contributed by atoms with Gasteiger partial charge in [-0.1, -0.05) is 6.92 Å². The fraction of sp³-hybridized carbons (Fsp3) is 0.462. The highest BCUT2D eigenvalue weighted by Gasteiger charge is 2.29. The number of hydrogen-bond acceptors (Lipinski definition) is 5. The van der Waals surface area contributed by atoms with E-state index < -0.39 is 11.6 Å². The molecule has 3 atom stereocenters. The molecule has 2 aromatic rings. The number of fused-ring (bicyclic) bond motifs is 1. The second-order valence-corrected chi connectivity index (χ2v) is 9.15. The van der Waals surface area contributed by atoms with Gasteiger partial charge < -0.3 is 19.7 Å². The Kier molecular flexibility index (Phi) is 8.80. The molecule has 1 N–H and O–H groups in total. The van der Waals surface area contributed by atoms with Gasteiger partial charge in [-0.05, 0) is 43.2 Å². The third-order valence-corrected chi connectivity index (χ3v) is 6.28. The number of benzene rings is 2.